The van der Waals surface area contributed by atoms with Gasteiger partial charge in [0.25, 0.3) is 0 Å². The van der Waals surface area contributed by atoms with E-state index in [0.29, 0.717) is 0 Å². The predicted octanol–water partition coefficient (Wildman–Crippen LogP) is 3.73. The van der Waals surface area contributed by atoms with Crippen molar-refractivity contribution in [2.75, 3.05) is 13.7 Å². The Labute approximate surface area is 150 Å². The molecule has 7 heteroatoms. The molecule has 1 aromatic rings. The number of ether oxygens (including phenoxy) is 1. The van der Waals surface area contributed by atoms with Gasteiger partial charge in [-0.25, -0.2) is 9.59 Å². The van der Waals surface area contributed by atoms with Crippen LogP contribution in [0, 0.1) is 0 Å². The fraction of sp³-hybridized carbons (Fsp3) is 0.556. The van der Waals surface area contributed by atoms with Crippen LogP contribution in [0.1, 0.15) is 26.3 Å². The molecule has 1 unspecified atom stereocenters. The Kier molecular flexibility index (Phi) is 7.19. The van der Waals surface area contributed by atoms with Crippen LogP contribution >= 0.6 is 0 Å². The van der Waals surface area contributed by atoms with Crippen LogP contribution in [-0.2, 0) is 20.6 Å². The molecular weight excluding hydrogens is 338 g/mol. The smallest absolute Gasteiger partial charge is 0.410 e. The molecule has 0 aliphatic rings. The number of amides is 1. The van der Waals surface area contributed by atoms with Gasteiger partial charge in [-0.1, -0.05) is 51.1 Å². The molecule has 1 amide bonds. The van der Waals surface area contributed by atoms with E-state index in [0.717, 1.165) is 10.5 Å². The van der Waals surface area contributed by atoms with E-state index in [2.05, 4.69) is 20.8 Å². The van der Waals surface area contributed by atoms with Gasteiger partial charge in [-0.3, -0.25) is 4.90 Å². The topological polar surface area (TPSA) is 76.1 Å². The van der Waals surface area contributed by atoms with Crippen LogP contribution in [0.4, 0.5) is 4.79 Å². The number of carboxylic acid groups (broad SMARTS) is 1. The van der Waals surface area contributed by atoms with Gasteiger partial charge in [0.15, 0.2) is 14.4 Å². The van der Waals surface area contributed by atoms with Crippen LogP contribution in [0.15, 0.2) is 30.3 Å². The van der Waals surface area contributed by atoms with Crippen molar-refractivity contribution in [1.82, 2.24) is 4.90 Å². The molecule has 25 heavy (non-hydrogen) atoms. The van der Waals surface area contributed by atoms with Gasteiger partial charge < -0.3 is 14.3 Å². The third-order valence-electron chi connectivity index (χ3n) is 4.65. The first kappa shape index (κ1) is 21.2. The van der Waals surface area contributed by atoms with Crippen LogP contribution in [0.25, 0.3) is 0 Å². The highest BCUT2D eigenvalue weighted by Gasteiger charge is 2.39. The van der Waals surface area contributed by atoms with E-state index in [9.17, 15) is 14.7 Å². The first-order valence-corrected chi connectivity index (χ1v) is 11.2. The normalized spacial score (nSPS) is 13.2. The maximum Gasteiger partial charge on any atom is 0.410 e. The highest BCUT2D eigenvalue weighted by atomic mass is 28.4. The Morgan fingerprint density at radius 1 is 1.20 bits per heavy atom. The number of carboxylic acids is 1. The lowest BCUT2D eigenvalue weighted by atomic mass is 10.2. The summed E-state index contributed by atoms with van der Waals surface area (Å²) in [5.74, 6) is -1.11. The molecule has 0 heterocycles. The Morgan fingerprint density at radius 3 is 2.24 bits per heavy atom. The zero-order valence-corrected chi connectivity index (χ0v) is 16.9. The Bertz CT molecular complexity index is 583. The van der Waals surface area contributed by atoms with Gasteiger partial charge in [-0.15, -0.1) is 0 Å². The fourth-order valence-corrected chi connectivity index (χ4v) is 2.81. The zero-order valence-electron chi connectivity index (χ0n) is 15.9. The molecule has 0 aliphatic carbocycles. The number of hydrogen-bond donors (Lipinski definition) is 1. The van der Waals surface area contributed by atoms with E-state index in [-0.39, 0.29) is 18.3 Å². The van der Waals surface area contributed by atoms with Gasteiger partial charge >= 0.3 is 12.1 Å². The third kappa shape index (κ3) is 6.17. The molecule has 0 radical (unpaired) electrons. The summed E-state index contributed by atoms with van der Waals surface area (Å²) in [5.41, 5.74) is 0.841. The summed E-state index contributed by atoms with van der Waals surface area (Å²) in [6, 6.07) is 8.15. The van der Waals surface area contributed by atoms with Gasteiger partial charge in [0.2, 0.25) is 0 Å². The van der Waals surface area contributed by atoms with Gasteiger partial charge in [0.05, 0.1) is 6.61 Å². The molecule has 1 N–H and O–H groups in total. The first-order chi connectivity index (χ1) is 11.5. The molecule has 0 spiro atoms. The van der Waals surface area contributed by atoms with Crippen molar-refractivity contribution >= 4 is 20.4 Å². The minimum atomic E-state index is -2.11. The molecule has 0 saturated heterocycles. The van der Waals surface area contributed by atoms with Crippen LogP contribution in [0.2, 0.25) is 18.1 Å². The number of carbonyl (C=O) groups is 2. The average molecular weight is 368 g/mol. The first-order valence-electron chi connectivity index (χ1n) is 8.26. The van der Waals surface area contributed by atoms with Crippen LogP contribution in [0.3, 0.4) is 0 Å². The molecule has 6 nitrogen and oxygen atoms in total. The Hall–Kier alpha value is -1.86. The van der Waals surface area contributed by atoms with Gasteiger partial charge in [0.1, 0.15) is 6.61 Å². The molecule has 0 saturated carbocycles. The van der Waals surface area contributed by atoms with E-state index in [1.165, 1.54) is 7.05 Å². The van der Waals surface area contributed by atoms with E-state index in [1.54, 1.807) is 0 Å². The zero-order chi connectivity index (χ0) is 19.3. The summed E-state index contributed by atoms with van der Waals surface area (Å²) >= 11 is 0. The SMILES string of the molecule is CN(C(=O)OCc1ccccc1)C(CO[Si](C)(C)C(C)(C)C)C(=O)O. The Balaban J connectivity index is 2.68. The Morgan fingerprint density at radius 2 is 1.76 bits per heavy atom. The average Bonchev–Trinajstić information content (AvgIpc) is 2.52. The maximum atomic E-state index is 12.2. The summed E-state index contributed by atoms with van der Waals surface area (Å²) in [4.78, 5) is 24.8. The second-order valence-corrected chi connectivity index (χ2v) is 12.4. The number of carbonyl (C=O) groups excluding carboxylic acids is 1. The van der Waals surface area contributed by atoms with E-state index >= 15 is 0 Å². The highest BCUT2D eigenvalue weighted by Crippen LogP contribution is 2.36. The van der Waals surface area contributed by atoms with E-state index < -0.39 is 26.4 Å². The summed E-state index contributed by atoms with van der Waals surface area (Å²) in [6.45, 7) is 10.4. The largest absolute Gasteiger partial charge is 0.480 e. The minimum Gasteiger partial charge on any atom is -0.480 e. The van der Waals surface area contributed by atoms with Crippen molar-refractivity contribution in [2.24, 2.45) is 0 Å². The van der Waals surface area contributed by atoms with Crippen molar-refractivity contribution in [1.29, 1.82) is 0 Å². The van der Waals surface area contributed by atoms with Crippen LogP contribution in [-0.4, -0.2) is 50.1 Å². The fourth-order valence-electron chi connectivity index (χ4n) is 1.80. The van der Waals surface area contributed by atoms with E-state index in [1.807, 2.05) is 43.4 Å². The molecule has 1 rings (SSSR count). The standard InChI is InChI=1S/C18H29NO5Si/c1-18(2,3)25(5,6)24-13-15(16(20)21)19(4)17(22)23-12-14-10-8-7-9-11-14/h7-11,15H,12-13H2,1-6H3,(H,20,21). The number of benzene rings is 1. The van der Waals surface area contributed by atoms with Crippen molar-refractivity contribution in [3.05, 3.63) is 35.9 Å². The molecule has 1 aromatic carbocycles. The molecule has 0 fully saturated rings. The quantitative estimate of drug-likeness (QED) is 0.743. The molecule has 1 atom stereocenters. The molecule has 140 valence electrons. The lowest BCUT2D eigenvalue weighted by molar-refractivity contribution is -0.143. The van der Waals surface area contributed by atoms with Crippen molar-refractivity contribution in [3.63, 3.8) is 0 Å². The number of hydrogen-bond acceptors (Lipinski definition) is 4. The maximum absolute atomic E-state index is 12.2. The highest BCUT2D eigenvalue weighted by molar-refractivity contribution is 6.74. The second kappa shape index (κ2) is 8.49. The lowest BCUT2D eigenvalue weighted by Gasteiger charge is -2.37. The number of aliphatic carboxylic acids is 1. The van der Waals surface area contributed by atoms with Crippen LogP contribution < -0.4 is 0 Å². The van der Waals surface area contributed by atoms with Gasteiger partial charge in [-0.2, -0.15) is 0 Å². The van der Waals surface area contributed by atoms with Crippen molar-refractivity contribution in [3.8, 4) is 0 Å². The summed E-state index contributed by atoms with van der Waals surface area (Å²) in [5, 5.41) is 9.42. The summed E-state index contributed by atoms with van der Waals surface area (Å²) in [6.07, 6.45) is -0.685. The van der Waals surface area contributed by atoms with Crippen molar-refractivity contribution < 1.29 is 23.9 Å². The number of likely N-dealkylation sites (N-methyl/N-ethyl adjacent to an activating group) is 1. The molecule has 0 aromatic heterocycles. The second-order valence-electron chi connectivity index (χ2n) is 7.58. The van der Waals surface area contributed by atoms with E-state index in [4.69, 9.17) is 9.16 Å². The number of rotatable bonds is 7. The predicted molar refractivity (Wildman–Crippen MR) is 99.0 cm³/mol. The summed E-state index contributed by atoms with van der Waals surface area (Å²) < 4.78 is 11.2. The molecular formula is C18H29NO5Si. The minimum absolute atomic E-state index is 0.0392. The molecule has 0 bridgehead atoms. The monoisotopic (exact) mass is 367 g/mol. The number of nitrogens with zero attached hydrogens (tertiary/aromatic N) is 1. The third-order valence-corrected chi connectivity index (χ3v) is 9.15. The summed E-state index contributed by atoms with van der Waals surface area (Å²) in [7, 11) is -0.690. The van der Waals surface area contributed by atoms with Gasteiger partial charge in [0, 0.05) is 7.05 Å². The lowest BCUT2D eigenvalue weighted by Crippen LogP contribution is -2.50. The van der Waals surface area contributed by atoms with Gasteiger partial charge in [-0.05, 0) is 23.7 Å². The molecule has 0 aliphatic heterocycles. The van der Waals surface area contributed by atoms with Crippen molar-refractivity contribution in [2.45, 2.75) is 51.6 Å². The van der Waals surface area contributed by atoms with Crippen LogP contribution in [0.5, 0.6) is 0 Å².